The number of rotatable bonds is 8. The molecule has 0 radical (unpaired) electrons. The van der Waals surface area contributed by atoms with Gasteiger partial charge in [0, 0.05) is 50.2 Å². The fourth-order valence-corrected chi connectivity index (χ4v) is 10.2. The van der Waals surface area contributed by atoms with Gasteiger partial charge in [-0.25, -0.2) is 9.97 Å². The molecule has 0 saturated carbocycles. The van der Waals surface area contributed by atoms with Crippen molar-refractivity contribution in [2.45, 2.75) is 0 Å². The summed E-state index contributed by atoms with van der Waals surface area (Å²) < 4.78 is 4.75. The van der Waals surface area contributed by atoms with Crippen molar-refractivity contribution >= 4 is 43.6 Å². The fraction of sp³-hybridized carbons (Fsp3) is 0. The lowest BCUT2D eigenvalue weighted by Gasteiger charge is -2.14. The lowest BCUT2D eigenvalue weighted by molar-refractivity contribution is 1.16. The van der Waals surface area contributed by atoms with E-state index in [-0.39, 0.29) is 0 Å². The molecule has 0 unspecified atom stereocenters. The van der Waals surface area contributed by atoms with Crippen LogP contribution in [0.2, 0.25) is 0 Å². The Morgan fingerprint density at radius 1 is 0.265 bits per heavy atom. The highest BCUT2D eigenvalue weighted by Crippen LogP contribution is 2.40. The van der Waals surface area contributed by atoms with Crippen molar-refractivity contribution < 1.29 is 0 Å². The van der Waals surface area contributed by atoms with E-state index >= 15 is 0 Å². The van der Waals surface area contributed by atoms with Crippen LogP contribution in [0.25, 0.3) is 122 Å². The molecule has 0 aliphatic heterocycles. The van der Waals surface area contributed by atoms with E-state index in [0.717, 1.165) is 50.4 Å². The summed E-state index contributed by atoms with van der Waals surface area (Å²) in [7, 11) is 0. The Kier molecular flexibility index (Phi) is 9.47. The van der Waals surface area contributed by atoms with E-state index in [1.165, 1.54) is 66.0 Å². The number of hydrogen-bond acceptors (Lipinski definition) is 2. The predicted molar refractivity (Wildman–Crippen MR) is 283 cm³/mol. The van der Waals surface area contributed by atoms with Gasteiger partial charge in [0.15, 0.2) is 5.82 Å². The van der Waals surface area contributed by atoms with Crippen molar-refractivity contribution in [3.8, 4) is 78.5 Å². The van der Waals surface area contributed by atoms with Gasteiger partial charge < -0.3 is 9.13 Å². The molecular weight excluding hydrogens is 825 g/mol. The molecule has 0 N–H and O–H groups in total. The van der Waals surface area contributed by atoms with E-state index in [4.69, 9.17) is 9.97 Å². The summed E-state index contributed by atoms with van der Waals surface area (Å²) in [6.07, 6.45) is 1.87. The second-order valence-electron chi connectivity index (χ2n) is 17.4. The molecule has 0 aliphatic carbocycles. The third-order valence-electron chi connectivity index (χ3n) is 13.4. The highest BCUT2D eigenvalue weighted by atomic mass is 15.0. The van der Waals surface area contributed by atoms with E-state index in [2.05, 4.69) is 252 Å². The van der Waals surface area contributed by atoms with E-state index in [9.17, 15) is 0 Å². The monoisotopic (exact) mass is 866 g/mol. The van der Waals surface area contributed by atoms with E-state index in [1.807, 2.05) is 12.3 Å². The van der Waals surface area contributed by atoms with Gasteiger partial charge in [0.2, 0.25) is 0 Å². The minimum atomic E-state index is 0.688. The lowest BCUT2D eigenvalue weighted by Crippen LogP contribution is -1.95. The molecule has 10 aromatic carbocycles. The average molecular weight is 867 g/mol. The quantitative estimate of drug-likeness (QED) is 0.153. The van der Waals surface area contributed by atoms with E-state index in [1.54, 1.807) is 0 Å². The first-order valence-corrected chi connectivity index (χ1v) is 23.1. The Labute approximate surface area is 394 Å². The molecule has 0 fully saturated rings. The van der Waals surface area contributed by atoms with Crippen LogP contribution >= 0.6 is 0 Å². The molecule has 68 heavy (non-hydrogen) atoms. The molecule has 0 saturated heterocycles. The van der Waals surface area contributed by atoms with Gasteiger partial charge in [-0.3, -0.25) is 0 Å². The van der Waals surface area contributed by atoms with Crippen LogP contribution < -0.4 is 0 Å². The summed E-state index contributed by atoms with van der Waals surface area (Å²) in [5, 5.41) is 4.94. The third kappa shape index (κ3) is 6.78. The molecule has 3 heterocycles. The van der Waals surface area contributed by atoms with E-state index in [0.29, 0.717) is 5.82 Å². The zero-order chi connectivity index (χ0) is 45.0. The summed E-state index contributed by atoms with van der Waals surface area (Å²) in [6, 6.07) is 89.2. The largest absolute Gasteiger partial charge is 0.309 e. The molecule has 0 atom stereocenters. The number of para-hydroxylation sites is 3. The maximum absolute atomic E-state index is 5.13. The first-order chi connectivity index (χ1) is 33.7. The van der Waals surface area contributed by atoms with Gasteiger partial charge in [0.25, 0.3) is 0 Å². The van der Waals surface area contributed by atoms with Crippen LogP contribution in [0.3, 0.4) is 0 Å². The molecule has 13 rings (SSSR count). The smallest absolute Gasteiger partial charge is 0.159 e. The van der Waals surface area contributed by atoms with Crippen LogP contribution in [0.15, 0.2) is 255 Å². The third-order valence-corrected chi connectivity index (χ3v) is 13.4. The van der Waals surface area contributed by atoms with Crippen LogP contribution in [-0.4, -0.2) is 19.1 Å². The Morgan fingerprint density at radius 2 is 0.765 bits per heavy atom. The molecule has 318 valence electrons. The molecule has 4 heteroatoms. The van der Waals surface area contributed by atoms with Crippen molar-refractivity contribution in [3.63, 3.8) is 0 Å². The summed E-state index contributed by atoms with van der Waals surface area (Å²) in [4.78, 5) is 9.90. The predicted octanol–water partition coefficient (Wildman–Crippen LogP) is 16.7. The average Bonchev–Trinajstić information content (AvgIpc) is 3.94. The fourth-order valence-electron chi connectivity index (χ4n) is 10.2. The van der Waals surface area contributed by atoms with Crippen molar-refractivity contribution in [3.05, 3.63) is 255 Å². The number of fused-ring (bicyclic) bond motifs is 6. The minimum Gasteiger partial charge on any atom is -0.309 e. The number of hydrogen-bond donors (Lipinski definition) is 0. The Balaban J connectivity index is 0.829. The summed E-state index contributed by atoms with van der Waals surface area (Å²) >= 11 is 0. The Hall–Kier alpha value is -9.12. The summed E-state index contributed by atoms with van der Waals surface area (Å²) in [6.45, 7) is 0. The van der Waals surface area contributed by atoms with Gasteiger partial charge in [-0.15, -0.1) is 0 Å². The molecule has 13 aromatic rings. The molecule has 0 bridgehead atoms. The van der Waals surface area contributed by atoms with Crippen LogP contribution in [-0.2, 0) is 0 Å². The van der Waals surface area contributed by atoms with Crippen LogP contribution in [0.1, 0.15) is 0 Å². The van der Waals surface area contributed by atoms with Crippen LogP contribution in [0.5, 0.6) is 0 Å². The van der Waals surface area contributed by atoms with Crippen molar-refractivity contribution in [1.29, 1.82) is 0 Å². The highest BCUT2D eigenvalue weighted by molar-refractivity contribution is 6.12. The minimum absolute atomic E-state index is 0.688. The molecule has 0 amide bonds. The Morgan fingerprint density at radius 3 is 1.51 bits per heavy atom. The maximum atomic E-state index is 5.13. The van der Waals surface area contributed by atoms with Gasteiger partial charge in [0.1, 0.15) is 0 Å². The molecule has 3 aromatic heterocycles. The molecule has 4 nitrogen and oxygen atoms in total. The standard InChI is InChI=1S/C64H42N4/c1-4-15-43(16-5-1)53-34-29-47(40-57(53)44-17-6-2-7-18-44)46-19-14-20-50(39-46)59-37-38-65-64(66-59)45-27-32-52(33-28-45)67-61-26-13-11-24-55(61)58-41-48(31-36-62(58)67)49-30-35-56-54-23-10-12-25-60(54)68(63(56)42-49)51-21-8-3-9-22-51/h1-42H. The number of aromatic nitrogens is 4. The summed E-state index contributed by atoms with van der Waals surface area (Å²) in [5.74, 6) is 0.688. The van der Waals surface area contributed by atoms with Crippen molar-refractivity contribution in [2.24, 2.45) is 0 Å². The van der Waals surface area contributed by atoms with Crippen molar-refractivity contribution in [2.75, 3.05) is 0 Å². The second kappa shape index (κ2) is 16.4. The molecular formula is C64H42N4. The first kappa shape index (κ1) is 39.3. The topological polar surface area (TPSA) is 35.6 Å². The number of benzene rings is 10. The Bertz CT molecular complexity index is 4000. The van der Waals surface area contributed by atoms with Gasteiger partial charge in [-0.2, -0.15) is 0 Å². The maximum Gasteiger partial charge on any atom is 0.159 e. The second-order valence-corrected chi connectivity index (χ2v) is 17.4. The highest BCUT2D eigenvalue weighted by Gasteiger charge is 2.17. The molecule has 0 spiro atoms. The van der Waals surface area contributed by atoms with Gasteiger partial charge in [-0.05, 0) is 129 Å². The van der Waals surface area contributed by atoms with Gasteiger partial charge >= 0.3 is 0 Å². The zero-order valence-corrected chi connectivity index (χ0v) is 37.0. The summed E-state index contributed by atoms with van der Waals surface area (Å²) in [5.41, 5.74) is 19.3. The van der Waals surface area contributed by atoms with Crippen LogP contribution in [0.4, 0.5) is 0 Å². The van der Waals surface area contributed by atoms with Crippen molar-refractivity contribution in [1.82, 2.24) is 19.1 Å². The van der Waals surface area contributed by atoms with Gasteiger partial charge in [-0.1, -0.05) is 164 Å². The first-order valence-electron chi connectivity index (χ1n) is 23.1. The van der Waals surface area contributed by atoms with Crippen LogP contribution in [0, 0.1) is 0 Å². The lowest BCUT2D eigenvalue weighted by atomic mass is 9.90. The zero-order valence-electron chi connectivity index (χ0n) is 37.0. The number of nitrogens with zero attached hydrogens (tertiary/aromatic N) is 4. The molecule has 0 aliphatic rings. The van der Waals surface area contributed by atoms with Gasteiger partial charge in [0.05, 0.1) is 27.8 Å². The SMILES string of the molecule is c1ccc(-c2ccc(-c3cccc(-c4ccnc(-c5ccc(-n6c7ccccc7c7cc(-c8ccc9c%10ccccc%10n(-c%10ccccc%10)c9c8)ccc76)cc5)n4)c3)cc2-c2ccccc2)cc1. The van der Waals surface area contributed by atoms with E-state index < -0.39 is 0 Å². The normalized spacial score (nSPS) is 11.5.